The zero-order valence-electron chi connectivity index (χ0n) is 9.29. The minimum absolute atomic E-state index is 0.00970. The van der Waals surface area contributed by atoms with Gasteiger partial charge in [-0.05, 0) is 26.3 Å². The van der Waals surface area contributed by atoms with Crippen molar-refractivity contribution in [3.05, 3.63) is 0 Å². The van der Waals surface area contributed by atoms with Crippen LogP contribution in [0.1, 0.15) is 19.8 Å². The molecule has 1 rings (SSSR count). The van der Waals surface area contributed by atoms with Crippen LogP contribution in [0.5, 0.6) is 0 Å². The topological polar surface area (TPSA) is 90.4 Å². The molecule has 5 nitrogen and oxygen atoms in total. The molecule has 1 heterocycles. The molecule has 0 aromatic carbocycles. The first-order valence-electron chi connectivity index (χ1n) is 5.43. The lowest BCUT2D eigenvalue weighted by Crippen LogP contribution is -2.50. The summed E-state index contributed by atoms with van der Waals surface area (Å²) in [5, 5.41) is 2.88. The molecule has 5 heteroatoms. The second-order valence-electron chi connectivity index (χ2n) is 4.29. The van der Waals surface area contributed by atoms with E-state index in [1.165, 1.54) is 0 Å². The lowest BCUT2D eigenvalue weighted by atomic mass is 9.85. The Labute approximate surface area is 90.5 Å². The van der Waals surface area contributed by atoms with Gasteiger partial charge in [0.25, 0.3) is 0 Å². The summed E-state index contributed by atoms with van der Waals surface area (Å²) in [6.07, 6.45) is 1.84. The zero-order valence-corrected chi connectivity index (χ0v) is 9.29. The molecule has 0 spiro atoms. The number of carbonyl (C=O) groups excluding carboxylic acids is 1. The maximum absolute atomic E-state index is 11.8. The SMILES string of the molecule is CC1(C(=O)NCCCCN)COCC1N. The number of carbonyl (C=O) groups is 1. The Bertz CT molecular complexity index is 223. The smallest absolute Gasteiger partial charge is 0.229 e. The Morgan fingerprint density at radius 1 is 1.60 bits per heavy atom. The summed E-state index contributed by atoms with van der Waals surface area (Å²) in [6, 6.07) is -0.202. The fourth-order valence-corrected chi connectivity index (χ4v) is 1.60. The van der Waals surface area contributed by atoms with E-state index in [9.17, 15) is 4.79 Å². The van der Waals surface area contributed by atoms with Crippen LogP contribution in [0.4, 0.5) is 0 Å². The molecule has 2 unspecified atom stereocenters. The van der Waals surface area contributed by atoms with Crippen LogP contribution in [-0.2, 0) is 9.53 Å². The predicted molar refractivity (Wildman–Crippen MR) is 58.2 cm³/mol. The van der Waals surface area contributed by atoms with E-state index in [0.717, 1.165) is 12.8 Å². The van der Waals surface area contributed by atoms with E-state index in [0.29, 0.717) is 26.3 Å². The van der Waals surface area contributed by atoms with Gasteiger partial charge in [0.1, 0.15) is 0 Å². The van der Waals surface area contributed by atoms with Crippen molar-refractivity contribution in [3.8, 4) is 0 Å². The highest BCUT2D eigenvalue weighted by Gasteiger charge is 2.43. The molecule has 88 valence electrons. The molecule has 0 aromatic heterocycles. The largest absolute Gasteiger partial charge is 0.379 e. The van der Waals surface area contributed by atoms with Crippen LogP contribution < -0.4 is 16.8 Å². The number of nitrogens with two attached hydrogens (primary N) is 2. The van der Waals surface area contributed by atoms with Crippen LogP contribution in [-0.4, -0.2) is 38.3 Å². The van der Waals surface area contributed by atoms with E-state index in [4.69, 9.17) is 16.2 Å². The monoisotopic (exact) mass is 215 g/mol. The van der Waals surface area contributed by atoms with Crippen molar-refractivity contribution >= 4 is 5.91 Å². The van der Waals surface area contributed by atoms with Gasteiger partial charge >= 0.3 is 0 Å². The van der Waals surface area contributed by atoms with Gasteiger partial charge in [-0.25, -0.2) is 0 Å². The number of hydrogen-bond donors (Lipinski definition) is 3. The average molecular weight is 215 g/mol. The molecule has 0 aliphatic carbocycles. The van der Waals surface area contributed by atoms with E-state index in [1.807, 2.05) is 6.92 Å². The summed E-state index contributed by atoms with van der Waals surface area (Å²) in [4.78, 5) is 11.8. The number of rotatable bonds is 5. The predicted octanol–water partition coefficient (Wildman–Crippen LogP) is -0.795. The molecule has 5 N–H and O–H groups in total. The Kier molecular flexibility index (Phi) is 4.50. The molecule has 0 aromatic rings. The number of ether oxygens (including phenoxy) is 1. The fourth-order valence-electron chi connectivity index (χ4n) is 1.60. The first-order valence-corrected chi connectivity index (χ1v) is 5.43. The third kappa shape index (κ3) is 2.90. The minimum Gasteiger partial charge on any atom is -0.379 e. The normalized spacial score (nSPS) is 30.5. The van der Waals surface area contributed by atoms with E-state index in [-0.39, 0.29) is 11.9 Å². The van der Waals surface area contributed by atoms with Gasteiger partial charge < -0.3 is 21.5 Å². The highest BCUT2D eigenvalue weighted by Crippen LogP contribution is 2.26. The third-order valence-corrected chi connectivity index (χ3v) is 2.95. The van der Waals surface area contributed by atoms with E-state index in [2.05, 4.69) is 5.32 Å². The highest BCUT2D eigenvalue weighted by molar-refractivity contribution is 5.83. The number of unbranched alkanes of at least 4 members (excludes halogenated alkanes) is 1. The standard InChI is InChI=1S/C10H21N3O2/c1-10(7-15-6-8(10)12)9(14)13-5-3-2-4-11/h8H,2-7,11-12H2,1H3,(H,13,14). The van der Waals surface area contributed by atoms with Crippen LogP contribution >= 0.6 is 0 Å². The van der Waals surface area contributed by atoms with Crippen LogP contribution in [0.3, 0.4) is 0 Å². The van der Waals surface area contributed by atoms with E-state index >= 15 is 0 Å². The van der Waals surface area contributed by atoms with Crippen LogP contribution in [0.2, 0.25) is 0 Å². The van der Waals surface area contributed by atoms with Gasteiger partial charge in [-0.3, -0.25) is 4.79 Å². The third-order valence-electron chi connectivity index (χ3n) is 2.95. The van der Waals surface area contributed by atoms with Crippen molar-refractivity contribution in [1.82, 2.24) is 5.32 Å². The van der Waals surface area contributed by atoms with Gasteiger partial charge in [0, 0.05) is 12.6 Å². The van der Waals surface area contributed by atoms with Crippen molar-refractivity contribution in [3.63, 3.8) is 0 Å². The molecule has 15 heavy (non-hydrogen) atoms. The number of nitrogens with one attached hydrogen (secondary N) is 1. The second-order valence-corrected chi connectivity index (χ2v) is 4.29. The van der Waals surface area contributed by atoms with Crippen molar-refractivity contribution in [2.45, 2.75) is 25.8 Å². The fraction of sp³-hybridized carbons (Fsp3) is 0.900. The molecule has 1 amide bonds. The van der Waals surface area contributed by atoms with Gasteiger partial charge in [-0.2, -0.15) is 0 Å². The summed E-state index contributed by atoms with van der Waals surface area (Å²) >= 11 is 0. The second kappa shape index (κ2) is 5.44. The maximum Gasteiger partial charge on any atom is 0.229 e. The summed E-state index contributed by atoms with van der Waals surface area (Å²) < 4.78 is 5.22. The molecule has 0 bridgehead atoms. The lowest BCUT2D eigenvalue weighted by molar-refractivity contribution is -0.130. The molecule has 0 saturated carbocycles. The molecule has 2 atom stereocenters. The first kappa shape index (κ1) is 12.4. The summed E-state index contributed by atoms with van der Waals surface area (Å²) in [7, 11) is 0. The van der Waals surface area contributed by atoms with Crippen LogP contribution in [0, 0.1) is 5.41 Å². The molecule has 1 saturated heterocycles. The Morgan fingerprint density at radius 3 is 2.87 bits per heavy atom. The van der Waals surface area contributed by atoms with Crippen LogP contribution in [0.25, 0.3) is 0 Å². The number of amides is 1. The van der Waals surface area contributed by atoms with Gasteiger partial charge in [-0.1, -0.05) is 0 Å². The average Bonchev–Trinajstić information content (AvgIpc) is 2.55. The van der Waals surface area contributed by atoms with Crippen molar-refractivity contribution in [2.24, 2.45) is 16.9 Å². The Balaban J connectivity index is 2.32. The van der Waals surface area contributed by atoms with Gasteiger partial charge in [0.2, 0.25) is 5.91 Å². The van der Waals surface area contributed by atoms with Gasteiger partial charge in [0.15, 0.2) is 0 Å². The first-order chi connectivity index (χ1) is 7.11. The molecule has 0 radical (unpaired) electrons. The summed E-state index contributed by atoms with van der Waals surface area (Å²) in [5.74, 6) is -0.00970. The Hall–Kier alpha value is -0.650. The quantitative estimate of drug-likeness (QED) is 0.524. The Morgan fingerprint density at radius 2 is 2.33 bits per heavy atom. The lowest BCUT2D eigenvalue weighted by Gasteiger charge is -2.25. The zero-order chi connectivity index (χ0) is 11.3. The molecule has 1 aliphatic rings. The molecule has 1 aliphatic heterocycles. The van der Waals surface area contributed by atoms with Gasteiger partial charge in [-0.15, -0.1) is 0 Å². The summed E-state index contributed by atoms with van der Waals surface area (Å²) in [6.45, 7) is 4.06. The van der Waals surface area contributed by atoms with Gasteiger partial charge in [0.05, 0.1) is 18.6 Å². The molecular formula is C10H21N3O2. The van der Waals surface area contributed by atoms with Crippen molar-refractivity contribution in [1.29, 1.82) is 0 Å². The molecule has 1 fully saturated rings. The number of hydrogen-bond acceptors (Lipinski definition) is 4. The highest BCUT2D eigenvalue weighted by atomic mass is 16.5. The summed E-state index contributed by atoms with van der Waals surface area (Å²) in [5.41, 5.74) is 10.6. The van der Waals surface area contributed by atoms with Crippen molar-refractivity contribution in [2.75, 3.05) is 26.3 Å². The molecular weight excluding hydrogens is 194 g/mol. The van der Waals surface area contributed by atoms with Crippen LogP contribution in [0.15, 0.2) is 0 Å². The maximum atomic E-state index is 11.8. The van der Waals surface area contributed by atoms with E-state index in [1.54, 1.807) is 0 Å². The van der Waals surface area contributed by atoms with E-state index < -0.39 is 5.41 Å². The minimum atomic E-state index is -0.567. The van der Waals surface area contributed by atoms with Crippen molar-refractivity contribution < 1.29 is 9.53 Å².